The van der Waals surface area contributed by atoms with E-state index in [1.807, 2.05) is 0 Å². The molecule has 0 N–H and O–H groups in total. The van der Waals surface area contributed by atoms with E-state index in [4.69, 9.17) is 21.3 Å². The highest BCUT2D eigenvalue weighted by Crippen LogP contribution is 2.22. The van der Waals surface area contributed by atoms with Gasteiger partial charge in [-0.2, -0.15) is 0 Å². The number of benzene rings is 1. The van der Waals surface area contributed by atoms with Crippen LogP contribution in [0.1, 0.15) is 5.56 Å². The van der Waals surface area contributed by atoms with Gasteiger partial charge in [-0.05, 0) is 34.3 Å². The van der Waals surface area contributed by atoms with Crippen LogP contribution < -0.4 is 0 Å². The first-order valence-electron chi connectivity index (χ1n) is 6.90. The largest absolute Gasteiger partial charge is 0.376 e. The third-order valence-corrected chi connectivity index (χ3v) is 3.23. The highest BCUT2D eigenvalue weighted by molar-refractivity contribution is 5.32. The van der Waals surface area contributed by atoms with Gasteiger partial charge in [0.1, 0.15) is 0 Å². The Morgan fingerprint density at radius 2 is 1.48 bits per heavy atom. The predicted octanol–water partition coefficient (Wildman–Crippen LogP) is 4.03. The van der Waals surface area contributed by atoms with Crippen LogP contribution in [0.15, 0.2) is 39.6 Å². The van der Waals surface area contributed by atoms with Crippen molar-refractivity contribution >= 4 is 5.69 Å². The second kappa shape index (κ2) is 10.3. The Balaban J connectivity index is 2.81. The Hall–Kier alpha value is -3.49. The summed E-state index contributed by atoms with van der Waals surface area (Å²) in [6.07, 6.45) is 0. The monoisotopic (exact) mass is 346 g/mol. The molecule has 0 unspecified atom stereocenters. The van der Waals surface area contributed by atoms with Gasteiger partial charge in [-0.25, -0.2) is 0 Å². The predicted molar refractivity (Wildman–Crippen MR) is 87.2 cm³/mol. The maximum Gasteiger partial charge on any atom is 0.269 e. The molecule has 1 aromatic rings. The van der Waals surface area contributed by atoms with Gasteiger partial charge < -0.3 is 4.74 Å². The van der Waals surface area contributed by atoms with Crippen molar-refractivity contribution in [2.24, 2.45) is 20.8 Å². The van der Waals surface area contributed by atoms with Crippen LogP contribution in [0.4, 0.5) is 5.69 Å². The topological polar surface area (TPSA) is 199 Å². The maximum absolute atomic E-state index is 10.6. The van der Waals surface area contributed by atoms with Gasteiger partial charge in [-0.3, -0.25) is 10.1 Å². The second-order valence-corrected chi connectivity index (χ2v) is 5.08. The molecule has 0 atom stereocenters. The number of nitrogens with zero attached hydrogens (tertiary/aromatic N) is 10. The summed E-state index contributed by atoms with van der Waals surface area (Å²) in [6, 6.07) is 5.81. The first kappa shape index (κ1) is 19.6. The second-order valence-electron chi connectivity index (χ2n) is 5.08. The third-order valence-electron chi connectivity index (χ3n) is 3.23. The first-order valence-corrected chi connectivity index (χ1v) is 6.90. The Morgan fingerprint density at radius 1 is 1.00 bits per heavy atom. The highest BCUT2D eigenvalue weighted by atomic mass is 16.6. The number of non-ortho nitro benzene ring substituents is 1. The molecule has 0 bridgehead atoms. The van der Waals surface area contributed by atoms with Crippen LogP contribution in [-0.4, -0.2) is 31.2 Å². The summed E-state index contributed by atoms with van der Waals surface area (Å²) in [4.78, 5) is 18.1. The summed E-state index contributed by atoms with van der Waals surface area (Å²) in [5.41, 5.74) is 25.2. The zero-order valence-corrected chi connectivity index (χ0v) is 13.0. The zero-order chi connectivity index (χ0) is 18.5. The smallest absolute Gasteiger partial charge is 0.269 e. The van der Waals surface area contributed by atoms with Gasteiger partial charge in [-0.1, -0.05) is 15.3 Å². The number of nitro benzene ring substituents is 1. The summed E-state index contributed by atoms with van der Waals surface area (Å²) in [6.45, 7) is -0.116. The quantitative estimate of drug-likeness (QED) is 0.192. The first-order chi connectivity index (χ1) is 12.1. The molecule has 1 rings (SSSR count). The van der Waals surface area contributed by atoms with Gasteiger partial charge in [0.15, 0.2) is 0 Å². The zero-order valence-electron chi connectivity index (χ0n) is 13.0. The van der Waals surface area contributed by atoms with Crippen molar-refractivity contribution in [2.75, 3.05) is 26.2 Å². The number of ether oxygens (including phenoxy) is 1. The van der Waals surface area contributed by atoms with Gasteiger partial charge in [-0.15, -0.1) is 0 Å². The van der Waals surface area contributed by atoms with Crippen molar-refractivity contribution in [1.29, 1.82) is 0 Å². The minimum atomic E-state index is -0.967. The van der Waals surface area contributed by atoms with E-state index in [2.05, 4.69) is 30.1 Å². The van der Waals surface area contributed by atoms with E-state index in [1.165, 1.54) is 12.1 Å². The fourth-order valence-electron chi connectivity index (χ4n) is 1.93. The van der Waals surface area contributed by atoms with Gasteiger partial charge in [0.2, 0.25) is 0 Å². The standard InChI is InChI=1S/C12H14N10O3/c13-19-16-6-12(7-17-20-14,8-18-21-15)9-25-5-10-1-3-11(4-2-10)22(23)24/h1-4H,5-9H2. The molecule has 0 aliphatic rings. The summed E-state index contributed by atoms with van der Waals surface area (Å²) in [5.74, 6) is 0. The van der Waals surface area contributed by atoms with Crippen molar-refractivity contribution in [3.05, 3.63) is 71.3 Å². The lowest BCUT2D eigenvalue weighted by molar-refractivity contribution is -0.384. The van der Waals surface area contributed by atoms with E-state index in [0.29, 0.717) is 5.56 Å². The Kier molecular flexibility index (Phi) is 8.07. The van der Waals surface area contributed by atoms with E-state index in [1.54, 1.807) is 12.1 Å². The third kappa shape index (κ3) is 6.65. The van der Waals surface area contributed by atoms with Crippen molar-refractivity contribution < 1.29 is 9.66 Å². The van der Waals surface area contributed by atoms with Crippen LogP contribution in [0.2, 0.25) is 0 Å². The van der Waals surface area contributed by atoms with Crippen LogP contribution in [0, 0.1) is 15.5 Å². The molecule has 0 aliphatic carbocycles. The molecule has 1 aromatic carbocycles. The molecule has 130 valence electrons. The van der Waals surface area contributed by atoms with Gasteiger partial charge in [0.25, 0.3) is 5.69 Å². The van der Waals surface area contributed by atoms with Crippen LogP contribution in [-0.2, 0) is 11.3 Å². The Morgan fingerprint density at radius 3 is 1.88 bits per heavy atom. The van der Waals surface area contributed by atoms with E-state index in [0.717, 1.165) is 0 Å². The molecule has 0 spiro atoms. The Bertz CT molecular complexity index is 680. The van der Waals surface area contributed by atoms with E-state index < -0.39 is 10.3 Å². The minimum Gasteiger partial charge on any atom is -0.376 e. The number of hydrogen-bond acceptors (Lipinski definition) is 6. The maximum atomic E-state index is 10.6. The molecule has 0 saturated carbocycles. The average Bonchev–Trinajstić information content (AvgIpc) is 2.63. The molecule has 0 aromatic heterocycles. The van der Waals surface area contributed by atoms with Gasteiger partial charge in [0.05, 0.1) is 18.1 Å². The molecule has 13 heteroatoms. The number of azide groups is 3. The van der Waals surface area contributed by atoms with Gasteiger partial charge in [0, 0.05) is 51.9 Å². The highest BCUT2D eigenvalue weighted by Gasteiger charge is 2.29. The molecule has 0 aliphatic heterocycles. The van der Waals surface area contributed by atoms with Crippen molar-refractivity contribution in [3.63, 3.8) is 0 Å². The fraction of sp³-hybridized carbons (Fsp3) is 0.500. The summed E-state index contributed by atoms with van der Waals surface area (Å²) < 4.78 is 5.56. The minimum absolute atomic E-state index is 0.00104. The molecule has 0 amide bonds. The molecule has 13 nitrogen and oxygen atoms in total. The molecular formula is C12H14N10O3. The lowest BCUT2D eigenvalue weighted by atomic mass is 9.89. The summed E-state index contributed by atoms with van der Waals surface area (Å²) in [7, 11) is 0. The number of rotatable bonds is 11. The number of hydrogen-bond donors (Lipinski definition) is 0. The van der Waals surface area contributed by atoms with Crippen molar-refractivity contribution in [1.82, 2.24) is 0 Å². The summed E-state index contributed by atoms with van der Waals surface area (Å²) in [5, 5.41) is 21.0. The molecular weight excluding hydrogens is 332 g/mol. The van der Waals surface area contributed by atoms with E-state index in [-0.39, 0.29) is 38.5 Å². The van der Waals surface area contributed by atoms with Crippen molar-refractivity contribution in [3.8, 4) is 0 Å². The fourth-order valence-corrected chi connectivity index (χ4v) is 1.93. The Labute approximate surface area is 141 Å². The van der Waals surface area contributed by atoms with E-state index >= 15 is 0 Å². The van der Waals surface area contributed by atoms with E-state index in [9.17, 15) is 10.1 Å². The van der Waals surface area contributed by atoms with Crippen LogP contribution in [0.3, 0.4) is 0 Å². The van der Waals surface area contributed by atoms with Crippen LogP contribution in [0.25, 0.3) is 31.3 Å². The average molecular weight is 346 g/mol. The molecule has 0 fully saturated rings. The molecule has 0 saturated heterocycles. The van der Waals surface area contributed by atoms with Gasteiger partial charge >= 0.3 is 0 Å². The SMILES string of the molecule is [N-]=[N+]=NCC(CN=[N+]=[N-])(CN=[N+]=[N-])COCc1ccc([N+](=O)[O-])cc1. The molecule has 0 heterocycles. The normalized spacial score (nSPS) is 12.0. The lowest BCUT2D eigenvalue weighted by Gasteiger charge is -2.28. The lowest BCUT2D eigenvalue weighted by Crippen LogP contribution is -2.36. The summed E-state index contributed by atoms with van der Waals surface area (Å²) >= 11 is 0. The molecule has 25 heavy (non-hydrogen) atoms. The molecule has 0 radical (unpaired) electrons. The van der Waals surface area contributed by atoms with Crippen LogP contribution >= 0.6 is 0 Å². The van der Waals surface area contributed by atoms with Crippen molar-refractivity contribution in [2.45, 2.75) is 6.61 Å². The van der Waals surface area contributed by atoms with Crippen LogP contribution in [0.5, 0.6) is 0 Å². The number of nitro groups is 1.